The van der Waals surface area contributed by atoms with Gasteiger partial charge >= 0.3 is 12.0 Å². The molecule has 7 nitrogen and oxygen atoms in total. The Bertz CT molecular complexity index is 435. The third-order valence-corrected chi connectivity index (χ3v) is 2.10. The van der Waals surface area contributed by atoms with E-state index in [1.54, 1.807) is 24.3 Å². The highest BCUT2D eigenvalue weighted by Gasteiger charge is 2.11. The second-order valence-corrected chi connectivity index (χ2v) is 3.35. The normalized spacial score (nSPS) is 9.67. The van der Waals surface area contributed by atoms with Crippen molar-refractivity contribution in [3.63, 3.8) is 0 Å². The first kappa shape index (κ1) is 13.8. The maximum absolute atomic E-state index is 11.6. The topological polar surface area (TPSA) is 88.1 Å². The molecule has 98 valence electrons. The van der Waals surface area contributed by atoms with E-state index in [9.17, 15) is 9.59 Å². The van der Waals surface area contributed by atoms with Crippen LogP contribution in [0.4, 0.5) is 10.5 Å². The number of rotatable bonds is 5. The lowest BCUT2D eigenvalue weighted by Crippen LogP contribution is -2.38. The highest BCUT2D eigenvalue weighted by atomic mass is 16.7. The number of ether oxygens (including phenoxy) is 1. The minimum Gasteiger partial charge on any atom is -0.497 e. The smallest absolute Gasteiger partial charge is 0.345 e. The second kappa shape index (κ2) is 6.45. The number of nitrogens with zero attached hydrogens (tertiary/aromatic N) is 1. The van der Waals surface area contributed by atoms with Gasteiger partial charge in [-0.15, -0.1) is 0 Å². The molecule has 0 unspecified atom stereocenters. The minimum absolute atomic E-state index is 0.579. The fourth-order valence-electron chi connectivity index (χ4n) is 1.16. The zero-order chi connectivity index (χ0) is 13.5. The number of carbonyl (C=O) groups is 2. The van der Waals surface area contributed by atoms with E-state index in [1.807, 2.05) is 5.48 Å². The summed E-state index contributed by atoms with van der Waals surface area (Å²) in [6, 6.07) is 6.27. The molecule has 0 bridgehead atoms. The summed E-state index contributed by atoms with van der Waals surface area (Å²) >= 11 is 0. The Labute approximate surface area is 104 Å². The van der Waals surface area contributed by atoms with Crippen LogP contribution in [-0.2, 0) is 9.63 Å². The Morgan fingerprint density at radius 2 is 2.17 bits per heavy atom. The molecule has 1 aromatic rings. The molecule has 0 spiro atoms. The van der Waals surface area contributed by atoms with E-state index in [1.165, 1.54) is 19.1 Å². The number of hydroxylamine groups is 1. The largest absolute Gasteiger partial charge is 0.497 e. The predicted molar refractivity (Wildman–Crippen MR) is 63.5 cm³/mol. The van der Waals surface area contributed by atoms with Gasteiger partial charge in [-0.05, 0) is 12.1 Å². The molecule has 0 aliphatic carbocycles. The van der Waals surface area contributed by atoms with Crippen LogP contribution >= 0.6 is 0 Å². The van der Waals surface area contributed by atoms with Crippen molar-refractivity contribution in [2.75, 3.05) is 25.7 Å². The molecule has 2 N–H and O–H groups in total. The SMILES string of the molecule is COc1cccc(N(C)C(=O)NOCC(=O)O)c1. The summed E-state index contributed by atoms with van der Waals surface area (Å²) in [7, 11) is 3.05. The van der Waals surface area contributed by atoms with Gasteiger partial charge in [-0.3, -0.25) is 9.74 Å². The van der Waals surface area contributed by atoms with Crippen LogP contribution in [0.25, 0.3) is 0 Å². The molecule has 0 fully saturated rings. The molecule has 0 aliphatic heterocycles. The van der Waals surface area contributed by atoms with Gasteiger partial charge in [-0.25, -0.2) is 15.1 Å². The quantitative estimate of drug-likeness (QED) is 0.761. The summed E-state index contributed by atoms with van der Waals surface area (Å²) in [4.78, 5) is 27.5. The number of hydrogen-bond acceptors (Lipinski definition) is 4. The van der Waals surface area contributed by atoms with Crippen molar-refractivity contribution in [1.29, 1.82) is 0 Å². The van der Waals surface area contributed by atoms with Crippen molar-refractivity contribution >= 4 is 17.7 Å². The van der Waals surface area contributed by atoms with Crippen LogP contribution in [0.2, 0.25) is 0 Å². The van der Waals surface area contributed by atoms with E-state index < -0.39 is 18.6 Å². The second-order valence-electron chi connectivity index (χ2n) is 3.35. The maximum Gasteiger partial charge on any atom is 0.345 e. The average molecular weight is 254 g/mol. The zero-order valence-corrected chi connectivity index (χ0v) is 10.0. The summed E-state index contributed by atoms with van der Waals surface area (Å²) < 4.78 is 5.03. The number of methoxy groups -OCH3 is 1. The Hall–Kier alpha value is -2.28. The van der Waals surface area contributed by atoms with E-state index in [4.69, 9.17) is 9.84 Å². The summed E-state index contributed by atoms with van der Waals surface area (Å²) in [6.07, 6.45) is 0. The first-order chi connectivity index (χ1) is 8.54. The van der Waals surface area contributed by atoms with Gasteiger partial charge in [0.05, 0.1) is 7.11 Å². The molecule has 7 heteroatoms. The van der Waals surface area contributed by atoms with E-state index >= 15 is 0 Å². The molecule has 0 heterocycles. The van der Waals surface area contributed by atoms with Crippen molar-refractivity contribution in [2.45, 2.75) is 0 Å². The van der Waals surface area contributed by atoms with Gasteiger partial charge in [-0.2, -0.15) is 0 Å². The molecular formula is C11H14N2O5. The number of benzene rings is 1. The van der Waals surface area contributed by atoms with Gasteiger partial charge in [0.25, 0.3) is 0 Å². The van der Waals surface area contributed by atoms with Crippen LogP contribution in [0.1, 0.15) is 0 Å². The highest BCUT2D eigenvalue weighted by molar-refractivity contribution is 5.90. The van der Waals surface area contributed by atoms with Gasteiger partial charge in [0, 0.05) is 18.8 Å². The van der Waals surface area contributed by atoms with Crippen molar-refractivity contribution in [3.05, 3.63) is 24.3 Å². The predicted octanol–water partition coefficient (Wildman–Crippen LogP) is 0.857. The highest BCUT2D eigenvalue weighted by Crippen LogP contribution is 2.19. The molecular weight excluding hydrogens is 240 g/mol. The first-order valence-electron chi connectivity index (χ1n) is 5.06. The van der Waals surface area contributed by atoms with Gasteiger partial charge < -0.3 is 9.84 Å². The number of hydrogen-bond donors (Lipinski definition) is 2. The van der Waals surface area contributed by atoms with Crippen LogP contribution in [0.3, 0.4) is 0 Å². The molecule has 0 aliphatic rings. The van der Waals surface area contributed by atoms with Gasteiger partial charge in [-0.1, -0.05) is 6.07 Å². The summed E-state index contributed by atoms with van der Waals surface area (Å²) in [6.45, 7) is -0.600. The number of carbonyl (C=O) groups excluding carboxylic acids is 1. The fourth-order valence-corrected chi connectivity index (χ4v) is 1.16. The Kier molecular flexibility index (Phi) is 4.94. The number of nitrogens with one attached hydrogen (secondary N) is 1. The number of amides is 2. The Morgan fingerprint density at radius 1 is 1.44 bits per heavy atom. The molecule has 1 aromatic carbocycles. The zero-order valence-electron chi connectivity index (χ0n) is 10.0. The van der Waals surface area contributed by atoms with E-state index in [2.05, 4.69) is 4.84 Å². The number of carboxylic acid groups (broad SMARTS) is 1. The number of urea groups is 1. The minimum atomic E-state index is -1.17. The van der Waals surface area contributed by atoms with Crippen LogP contribution in [0, 0.1) is 0 Å². The van der Waals surface area contributed by atoms with Crippen molar-refractivity contribution < 1.29 is 24.3 Å². The van der Waals surface area contributed by atoms with E-state index in [-0.39, 0.29) is 0 Å². The lowest BCUT2D eigenvalue weighted by molar-refractivity contribution is -0.143. The molecule has 1 rings (SSSR count). The van der Waals surface area contributed by atoms with Crippen LogP contribution in [0.15, 0.2) is 24.3 Å². The third-order valence-electron chi connectivity index (χ3n) is 2.10. The van der Waals surface area contributed by atoms with E-state index in [0.717, 1.165) is 0 Å². The third kappa shape index (κ3) is 3.95. The molecule has 18 heavy (non-hydrogen) atoms. The summed E-state index contributed by atoms with van der Waals surface area (Å²) in [5.74, 6) is -0.557. The number of anilines is 1. The number of carboxylic acids is 1. The molecule has 0 radical (unpaired) electrons. The summed E-state index contributed by atoms with van der Waals surface area (Å²) in [5, 5.41) is 8.34. The first-order valence-corrected chi connectivity index (χ1v) is 5.06. The van der Waals surface area contributed by atoms with Gasteiger partial charge in [0.2, 0.25) is 0 Å². The lowest BCUT2D eigenvalue weighted by Gasteiger charge is -2.17. The van der Waals surface area contributed by atoms with Gasteiger partial charge in [0.15, 0.2) is 6.61 Å². The van der Waals surface area contributed by atoms with Crippen molar-refractivity contribution in [3.8, 4) is 5.75 Å². The van der Waals surface area contributed by atoms with Crippen LogP contribution in [0.5, 0.6) is 5.75 Å². The van der Waals surface area contributed by atoms with Crippen molar-refractivity contribution in [1.82, 2.24) is 5.48 Å². The standard InChI is InChI=1S/C11H14N2O5/c1-13(11(16)12-18-7-10(14)15)8-4-3-5-9(6-8)17-2/h3-6H,7H2,1-2H3,(H,12,16)(H,14,15). The van der Waals surface area contributed by atoms with Crippen LogP contribution < -0.4 is 15.1 Å². The maximum atomic E-state index is 11.6. The monoisotopic (exact) mass is 254 g/mol. The Balaban J connectivity index is 2.59. The average Bonchev–Trinajstić information content (AvgIpc) is 2.37. The molecule has 0 saturated carbocycles. The van der Waals surface area contributed by atoms with E-state index in [0.29, 0.717) is 11.4 Å². The molecule has 0 aromatic heterocycles. The Morgan fingerprint density at radius 3 is 2.78 bits per heavy atom. The molecule has 2 amide bonds. The number of aliphatic carboxylic acids is 1. The molecule has 0 saturated heterocycles. The summed E-state index contributed by atoms with van der Waals surface area (Å²) in [5.41, 5.74) is 2.60. The molecule has 0 atom stereocenters. The van der Waals surface area contributed by atoms with Crippen molar-refractivity contribution in [2.24, 2.45) is 0 Å². The van der Waals surface area contributed by atoms with Gasteiger partial charge in [0.1, 0.15) is 5.75 Å². The fraction of sp³-hybridized carbons (Fsp3) is 0.273. The van der Waals surface area contributed by atoms with Crippen LogP contribution in [-0.4, -0.2) is 37.9 Å². The lowest BCUT2D eigenvalue weighted by atomic mass is 10.3.